The molecule has 0 spiro atoms. The van der Waals surface area contributed by atoms with E-state index in [4.69, 9.17) is 4.74 Å². The lowest BCUT2D eigenvalue weighted by Gasteiger charge is -2.23. The molecule has 3 rings (SSSR count). The van der Waals surface area contributed by atoms with Gasteiger partial charge in [-0.25, -0.2) is 4.79 Å². The van der Waals surface area contributed by atoms with Gasteiger partial charge in [0.2, 0.25) is 5.91 Å². The second-order valence-corrected chi connectivity index (χ2v) is 6.08. The summed E-state index contributed by atoms with van der Waals surface area (Å²) in [5.41, 5.74) is 1.49. The first-order valence-electron chi connectivity index (χ1n) is 8.11. The second-order valence-electron chi connectivity index (χ2n) is 6.08. The predicted octanol–water partition coefficient (Wildman–Crippen LogP) is 1.22. The third-order valence-corrected chi connectivity index (χ3v) is 4.58. The fourth-order valence-electron chi connectivity index (χ4n) is 3.20. The monoisotopic (exact) mass is 317 g/mol. The maximum Gasteiger partial charge on any atom is 0.329 e. The van der Waals surface area contributed by atoms with E-state index in [9.17, 15) is 9.59 Å². The van der Waals surface area contributed by atoms with Crippen molar-refractivity contribution in [3.63, 3.8) is 0 Å². The standard InChI is InChI=1S/C17H23N3O3/c1-3-19(10-13-8-9-23-12-13)16(21)11-20-15-7-5-4-6-14(15)18(2)17(20)22/h4-7,13H,3,8-12H2,1-2H3. The normalized spacial score (nSPS) is 17.7. The number of hydrogen-bond donors (Lipinski definition) is 0. The number of likely N-dealkylation sites (N-methyl/N-ethyl adjacent to an activating group) is 1. The molecule has 1 saturated heterocycles. The van der Waals surface area contributed by atoms with Crippen molar-refractivity contribution in [2.24, 2.45) is 13.0 Å². The topological polar surface area (TPSA) is 56.5 Å². The van der Waals surface area contributed by atoms with Gasteiger partial charge in [-0.2, -0.15) is 0 Å². The zero-order valence-corrected chi connectivity index (χ0v) is 13.7. The van der Waals surface area contributed by atoms with Gasteiger partial charge in [-0.15, -0.1) is 0 Å². The molecular weight excluding hydrogens is 294 g/mol. The molecule has 2 heterocycles. The first kappa shape index (κ1) is 15.8. The Morgan fingerprint density at radius 2 is 2.09 bits per heavy atom. The molecule has 6 heteroatoms. The number of aromatic nitrogens is 2. The molecule has 2 aromatic rings. The van der Waals surface area contributed by atoms with Crippen LogP contribution in [0.4, 0.5) is 0 Å². The van der Waals surface area contributed by atoms with Crippen LogP contribution < -0.4 is 5.69 Å². The van der Waals surface area contributed by atoms with Crippen molar-refractivity contribution in [2.75, 3.05) is 26.3 Å². The van der Waals surface area contributed by atoms with Crippen LogP contribution in [-0.2, 0) is 23.1 Å². The van der Waals surface area contributed by atoms with E-state index in [0.29, 0.717) is 19.0 Å². The van der Waals surface area contributed by atoms with E-state index >= 15 is 0 Å². The first-order valence-corrected chi connectivity index (χ1v) is 8.11. The van der Waals surface area contributed by atoms with Gasteiger partial charge in [-0.1, -0.05) is 12.1 Å². The third-order valence-electron chi connectivity index (χ3n) is 4.58. The number of carbonyl (C=O) groups is 1. The number of benzene rings is 1. The number of fused-ring (bicyclic) bond motifs is 1. The fourth-order valence-corrected chi connectivity index (χ4v) is 3.20. The number of amides is 1. The summed E-state index contributed by atoms with van der Waals surface area (Å²) in [5, 5.41) is 0. The van der Waals surface area contributed by atoms with Gasteiger partial charge in [0.1, 0.15) is 6.54 Å². The maximum atomic E-state index is 12.7. The van der Waals surface area contributed by atoms with Crippen molar-refractivity contribution in [3.05, 3.63) is 34.7 Å². The molecule has 0 aliphatic carbocycles. The number of para-hydroxylation sites is 2. The summed E-state index contributed by atoms with van der Waals surface area (Å²) >= 11 is 0. The van der Waals surface area contributed by atoms with Crippen molar-refractivity contribution < 1.29 is 9.53 Å². The molecule has 1 amide bonds. The lowest BCUT2D eigenvalue weighted by atomic mass is 10.1. The van der Waals surface area contributed by atoms with Crippen LogP contribution in [0.3, 0.4) is 0 Å². The van der Waals surface area contributed by atoms with E-state index in [1.807, 2.05) is 36.1 Å². The Hall–Kier alpha value is -2.08. The van der Waals surface area contributed by atoms with Crippen molar-refractivity contribution >= 4 is 16.9 Å². The van der Waals surface area contributed by atoms with Gasteiger partial charge in [0.05, 0.1) is 17.6 Å². The van der Waals surface area contributed by atoms with E-state index in [1.165, 1.54) is 0 Å². The maximum absolute atomic E-state index is 12.7. The number of imidazole rings is 1. The van der Waals surface area contributed by atoms with E-state index in [2.05, 4.69) is 0 Å². The number of nitrogens with zero attached hydrogens (tertiary/aromatic N) is 3. The van der Waals surface area contributed by atoms with Crippen LogP contribution in [0.25, 0.3) is 11.0 Å². The Kier molecular flexibility index (Phi) is 4.52. The summed E-state index contributed by atoms with van der Waals surface area (Å²) in [6.07, 6.45) is 0.998. The average Bonchev–Trinajstić information content (AvgIpc) is 3.16. The fraction of sp³-hybridized carbons (Fsp3) is 0.529. The highest BCUT2D eigenvalue weighted by atomic mass is 16.5. The molecule has 1 unspecified atom stereocenters. The Balaban J connectivity index is 1.81. The van der Waals surface area contributed by atoms with Gasteiger partial charge in [0.25, 0.3) is 0 Å². The van der Waals surface area contributed by atoms with Crippen LogP contribution in [-0.4, -0.2) is 46.2 Å². The number of aryl methyl sites for hydroxylation is 1. The second kappa shape index (κ2) is 6.58. The van der Waals surface area contributed by atoms with Gasteiger partial charge in [-0.05, 0) is 25.5 Å². The lowest BCUT2D eigenvalue weighted by molar-refractivity contribution is -0.132. The Labute approximate surface area is 135 Å². The Morgan fingerprint density at radius 1 is 1.35 bits per heavy atom. The molecule has 1 aliphatic heterocycles. The number of rotatable bonds is 5. The minimum Gasteiger partial charge on any atom is -0.381 e. The van der Waals surface area contributed by atoms with Crippen molar-refractivity contribution in [1.82, 2.24) is 14.0 Å². The van der Waals surface area contributed by atoms with Crippen LogP contribution in [0.1, 0.15) is 13.3 Å². The Morgan fingerprint density at radius 3 is 2.74 bits per heavy atom. The quantitative estimate of drug-likeness (QED) is 0.833. The minimum absolute atomic E-state index is 0.0159. The predicted molar refractivity (Wildman–Crippen MR) is 88.4 cm³/mol. The summed E-state index contributed by atoms with van der Waals surface area (Å²) in [7, 11) is 1.74. The third kappa shape index (κ3) is 3.03. The van der Waals surface area contributed by atoms with E-state index in [-0.39, 0.29) is 18.1 Å². The summed E-state index contributed by atoms with van der Waals surface area (Å²) < 4.78 is 8.53. The zero-order valence-electron chi connectivity index (χ0n) is 13.7. The van der Waals surface area contributed by atoms with E-state index < -0.39 is 0 Å². The minimum atomic E-state index is -0.153. The van der Waals surface area contributed by atoms with Crippen LogP contribution in [0.15, 0.2) is 29.1 Å². The van der Waals surface area contributed by atoms with Crippen LogP contribution in [0.5, 0.6) is 0 Å². The molecule has 0 saturated carbocycles. The van der Waals surface area contributed by atoms with E-state index in [1.54, 1.807) is 16.2 Å². The van der Waals surface area contributed by atoms with Gasteiger partial charge in [-0.3, -0.25) is 13.9 Å². The molecule has 0 radical (unpaired) electrons. The molecule has 1 aromatic heterocycles. The van der Waals surface area contributed by atoms with Gasteiger partial charge in [0, 0.05) is 32.7 Å². The lowest BCUT2D eigenvalue weighted by Crippen LogP contribution is -2.39. The smallest absolute Gasteiger partial charge is 0.329 e. The average molecular weight is 317 g/mol. The number of ether oxygens (including phenoxy) is 1. The van der Waals surface area contributed by atoms with Crippen LogP contribution >= 0.6 is 0 Å². The highest BCUT2D eigenvalue weighted by molar-refractivity contribution is 5.81. The molecule has 6 nitrogen and oxygen atoms in total. The molecule has 0 bridgehead atoms. The molecule has 1 atom stereocenters. The van der Waals surface area contributed by atoms with Gasteiger partial charge in [0.15, 0.2) is 0 Å². The van der Waals surface area contributed by atoms with Crippen molar-refractivity contribution in [3.8, 4) is 0 Å². The molecule has 23 heavy (non-hydrogen) atoms. The van der Waals surface area contributed by atoms with Gasteiger partial charge >= 0.3 is 5.69 Å². The first-order chi connectivity index (χ1) is 11.1. The molecule has 124 valence electrons. The highest BCUT2D eigenvalue weighted by Gasteiger charge is 2.22. The van der Waals surface area contributed by atoms with Gasteiger partial charge < -0.3 is 9.64 Å². The molecule has 1 aromatic carbocycles. The summed E-state index contributed by atoms with van der Waals surface area (Å²) in [6.45, 7) is 4.90. The molecular formula is C17H23N3O3. The number of carbonyl (C=O) groups excluding carboxylic acids is 1. The largest absolute Gasteiger partial charge is 0.381 e. The number of hydrogen-bond acceptors (Lipinski definition) is 3. The summed E-state index contributed by atoms with van der Waals surface area (Å²) in [6, 6.07) is 7.55. The van der Waals surface area contributed by atoms with Crippen molar-refractivity contribution in [2.45, 2.75) is 19.9 Å². The van der Waals surface area contributed by atoms with Crippen molar-refractivity contribution in [1.29, 1.82) is 0 Å². The molecule has 1 fully saturated rings. The summed E-state index contributed by atoms with van der Waals surface area (Å²) in [4.78, 5) is 26.9. The zero-order chi connectivity index (χ0) is 16.4. The van der Waals surface area contributed by atoms with E-state index in [0.717, 1.165) is 30.7 Å². The van der Waals surface area contributed by atoms with Crippen LogP contribution in [0, 0.1) is 5.92 Å². The van der Waals surface area contributed by atoms with Crippen LogP contribution in [0.2, 0.25) is 0 Å². The summed E-state index contributed by atoms with van der Waals surface area (Å²) in [5.74, 6) is 0.390. The molecule has 0 N–H and O–H groups in total. The highest BCUT2D eigenvalue weighted by Crippen LogP contribution is 2.15. The SMILES string of the molecule is CCN(CC1CCOC1)C(=O)Cn1c(=O)n(C)c2ccccc21. The molecule has 1 aliphatic rings. The Bertz CT molecular complexity index is 756.